The number of hydrogen-bond acceptors (Lipinski definition) is 4. The summed E-state index contributed by atoms with van der Waals surface area (Å²) in [6, 6.07) is 4.70. The molecule has 1 aromatic rings. The average molecular weight is 493 g/mol. The summed E-state index contributed by atoms with van der Waals surface area (Å²) in [6.07, 6.45) is 2.61. The van der Waals surface area contributed by atoms with Gasteiger partial charge in [-0.1, -0.05) is 0 Å². The second kappa shape index (κ2) is 14.7. The van der Waals surface area contributed by atoms with Gasteiger partial charge in [-0.2, -0.15) is 0 Å². The molecule has 0 spiro atoms. The van der Waals surface area contributed by atoms with Gasteiger partial charge in [0, 0.05) is 31.7 Å². The van der Waals surface area contributed by atoms with Gasteiger partial charge in [0.25, 0.3) is 0 Å². The zero-order valence-corrected chi connectivity index (χ0v) is 19.6. The van der Waals surface area contributed by atoms with Crippen molar-refractivity contribution in [1.82, 2.24) is 20.9 Å². The SMILES string of the molecule is CCNC(=NCC(=O)NCc1ccco1)NCCCN(C(C)C)C(C)C.I. The molecule has 7 nitrogen and oxygen atoms in total. The van der Waals surface area contributed by atoms with Gasteiger partial charge in [-0.25, -0.2) is 4.99 Å². The molecule has 8 heteroatoms. The summed E-state index contributed by atoms with van der Waals surface area (Å²) in [5.74, 6) is 1.26. The van der Waals surface area contributed by atoms with Crippen molar-refractivity contribution in [1.29, 1.82) is 0 Å². The molecular formula is C19H36IN5O2. The van der Waals surface area contributed by atoms with Crippen molar-refractivity contribution in [3.8, 4) is 0 Å². The van der Waals surface area contributed by atoms with Gasteiger partial charge < -0.3 is 20.4 Å². The minimum Gasteiger partial charge on any atom is -0.467 e. The van der Waals surface area contributed by atoms with Crippen LogP contribution in [-0.2, 0) is 11.3 Å². The number of amides is 1. The Morgan fingerprint density at radius 1 is 1.19 bits per heavy atom. The van der Waals surface area contributed by atoms with Crippen LogP contribution < -0.4 is 16.0 Å². The van der Waals surface area contributed by atoms with Gasteiger partial charge in [0.05, 0.1) is 12.8 Å². The molecule has 156 valence electrons. The number of aliphatic imine (C=N–C) groups is 1. The Labute approximate surface area is 180 Å². The van der Waals surface area contributed by atoms with Gasteiger partial charge in [0.15, 0.2) is 5.96 Å². The predicted molar refractivity (Wildman–Crippen MR) is 122 cm³/mol. The number of hydrogen-bond donors (Lipinski definition) is 3. The van der Waals surface area contributed by atoms with Crippen molar-refractivity contribution in [2.24, 2.45) is 4.99 Å². The average Bonchev–Trinajstić information content (AvgIpc) is 3.10. The fraction of sp³-hybridized carbons (Fsp3) is 0.684. The number of furan rings is 1. The van der Waals surface area contributed by atoms with E-state index in [1.807, 2.05) is 13.0 Å². The van der Waals surface area contributed by atoms with E-state index < -0.39 is 0 Å². The molecular weight excluding hydrogens is 457 g/mol. The number of nitrogens with one attached hydrogen (secondary N) is 3. The molecule has 0 radical (unpaired) electrons. The molecule has 1 amide bonds. The summed E-state index contributed by atoms with van der Waals surface area (Å²) < 4.78 is 5.19. The second-order valence-corrected chi connectivity index (χ2v) is 6.76. The van der Waals surface area contributed by atoms with E-state index in [-0.39, 0.29) is 36.4 Å². The molecule has 0 bridgehead atoms. The van der Waals surface area contributed by atoms with Crippen LogP contribution in [0.3, 0.4) is 0 Å². The molecule has 0 saturated carbocycles. The number of carbonyl (C=O) groups excluding carboxylic acids is 1. The van der Waals surface area contributed by atoms with Crippen LogP contribution in [0.5, 0.6) is 0 Å². The monoisotopic (exact) mass is 493 g/mol. The Balaban J connectivity index is 0.00000676. The highest BCUT2D eigenvalue weighted by molar-refractivity contribution is 14.0. The lowest BCUT2D eigenvalue weighted by atomic mass is 10.2. The Morgan fingerprint density at radius 3 is 2.44 bits per heavy atom. The summed E-state index contributed by atoms with van der Waals surface area (Å²) in [6.45, 7) is 14.0. The van der Waals surface area contributed by atoms with Gasteiger partial charge >= 0.3 is 0 Å². The molecule has 1 aromatic heterocycles. The first-order chi connectivity index (χ1) is 12.4. The van der Waals surface area contributed by atoms with Crippen LogP contribution in [0.1, 0.15) is 46.8 Å². The van der Waals surface area contributed by atoms with E-state index in [2.05, 4.69) is 53.5 Å². The fourth-order valence-electron chi connectivity index (χ4n) is 2.73. The van der Waals surface area contributed by atoms with E-state index in [0.717, 1.165) is 31.8 Å². The lowest BCUT2D eigenvalue weighted by Gasteiger charge is -2.30. The molecule has 0 aromatic carbocycles. The second-order valence-electron chi connectivity index (χ2n) is 6.76. The molecule has 0 aliphatic carbocycles. The lowest BCUT2D eigenvalue weighted by molar-refractivity contribution is -0.119. The lowest BCUT2D eigenvalue weighted by Crippen LogP contribution is -2.41. The minimum atomic E-state index is -0.135. The highest BCUT2D eigenvalue weighted by Gasteiger charge is 2.12. The largest absolute Gasteiger partial charge is 0.467 e. The summed E-state index contributed by atoms with van der Waals surface area (Å²) >= 11 is 0. The maximum Gasteiger partial charge on any atom is 0.242 e. The number of carbonyl (C=O) groups is 1. The standard InChI is InChI=1S/C19H35N5O2.HI/c1-6-20-19(21-10-8-11-24(15(2)3)16(4)5)23-14-18(25)22-13-17-9-7-12-26-17;/h7,9,12,15-16H,6,8,10-11,13-14H2,1-5H3,(H,22,25)(H2,20,21,23);1H. The van der Waals surface area contributed by atoms with Crippen LogP contribution in [0.25, 0.3) is 0 Å². The quantitative estimate of drug-likeness (QED) is 0.191. The number of nitrogens with zero attached hydrogens (tertiary/aromatic N) is 2. The molecule has 0 fully saturated rings. The van der Waals surface area contributed by atoms with Crippen LogP contribution in [0, 0.1) is 0 Å². The molecule has 27 heavy (non-hydrogen) atoms. The molecule has 0 atom stereocenters. The molecule has 0 unspecified atom stereocenters. The van der Waals surface area contributed by atoms with Crippen LogP contribution in [0.4, 0.5) is 0 Å². The zero-order valence-electron chi connectivity index (χ0n) is 17.2. The smallest absolute Gasteiger partial charge is 0.242 e. The summed E-state index contributed by atoms with van der Waals surface area (Å²) in [7, 11) is 0. The van der Waals surface area contributed by atoms with Crippen LogP contribution in [0.2, 0.25) is 0 Å². The van der Waals surface area contributed by atoms with Crippen molar-refractivity contribution in [2.75, 3.05) is 26.2 Å². The third-order valence-corrected chi connectivity index (χ3v) is 3.98. The van der Waals surface area contributed by atoms with Crippen molar-refractivity contribution < 1.29 is 9.21 Å². The molecule has 0 aliphatic rings. The molecule has 0 aliphatic heterocycles. The van der Waals surface area contributed by atoms with Gasteiger partial charge in [0.2, 0.25) is 5.91 Å². The van der Waals surface area contributed by atoms with Crippen molar-refractivity contribution >= 4 is 35.8 Å². The first-order valence-corrected chi connectivity index (χ1v) is 9.51. The third kappa shape index (κ3) is 11.2. The maximum atomic E-state index is 11.9. The van der Waals surface area contributed by atoms with E-state index in [9.17, 15) is 4.79 Å². The number of guanidine groups is 1. The minimum absolute atomic E-state index is 0. The zero-order chi connectivity index (χ0) is 19.4. The Hall–Kier alpha value is -1.29. The van der Waals surface area contributed by atoms with Crippen molar-refractivity contribution in [2.45, 2.75) is 59.7 Å². The molecule has 1 heterocycles. The summed E-state index contributed by atoms with van der Waals surface area (Å²) in [5, 5.41) is 9.25. The molecule has 3 N–H and O–H groups in total. The molecule has 1 rings (SSSR count). The first-order valence-electron chi connectivity index (χ1n) is 9.51. The maximum absolute atomic E-state index is 11.9. The van der Waals surface area contributed by atoms with Gasteiger partial charge in [-0.3, -0.25) is 9.69 Å². The summed E-state index contributed by atoms with van der Waals surface area (Å²) in [5.41, 5.74) is 0. The highest BCUT2D eigenvalue weighted by Crippen LogP contribution is 2.05. The number of rotatable bonds is 11. The normalized spacial score (nSPS) is 11.6. The number of halogens is 1. The Kier molecular flexibility index (Phi) is 14.0. The van der Waals surface area contributed by atoms with Gasteiger partial charge in [-0.15, -0.1) is 24.0 Å². The Bertz CT molecular complexity index is 524. The Morgan fingerprint density at radius 2 is 1.89 bits per heavy atom. The van der Waals surface area contributed by atoms with Gasteiger partial charge in [-0.05, 0) is 53.2 Å². The van der Waals surface area contributed by atoms with Crippen LogP contribution in [0.15, 0.2) is 27.8 Å². The predicted octanol–water partition coefficient (Wildman–Crippen LogP) is 2.58. The van der Waals surface area contributed by atoms with Crippen LogP contribution in [-0.4, -0.2) is 55.0 Å². The van der Waals surface area contributed by atoms with E-state index >= 15 is 0 Å². The fourth-order valence-corrected chi connectivity index (χ4v) is 2.73. The van der Waals surface area contributed by atoms with E-state index in [4.69, 9.17) is 4.42 Å². The summed E-state index contributed by atoms with van der Waals surface area (Å²) in [4.78, 5) is 18.7. The van der Waals surface area contributed by atoms with Crippen LogP contribution >= 0.6 is 24.0 Å². The topological polar surface area (TPSA) is 81.9 Å². The van der Waals surface area contributed by atoms with E-state index in [1.54, 1.807) is 12.3 Å². The third-order valence-electron chi connectivity index (χ3n) is 3.98. The van der Waals surface area contributed by atoms with E-state index in [1.165, 1.54) is 0 Å². The highest BCUT2D eigenvalue weighted by atomic mass is 127. The first kappa shape index (κ1) is 25.7. The van der Waals surface area contributed by atoms with Crippen molar-refractivity contribution in [3.63, 3.8) is 0 Å². The van der Waals surface area contributed by atoms with Crippen molar-refractivity contribution in [3.05, 3.63) is 24.2 Å². The van der Waals surface area contributed by atoms with Gasteiger partial charge in [0.1, 0.15) is 12.3 Å². The molecule has 0 saturated heterocycles. The van der Waals surface area contributed by atoms with E-state index in [0.29, 0.717) is 24.6 Å².